The van der Waals surface area contributed by atoms with Crippen LogP contribution in [0.5, 0.6) is 0 Å². The average molecular weight is 314 g/mol. The number of carbonyl (C=O) groups excluding carboxylic acids is 2. The second-order valence-corrected chi connectivity index (χ2v) is 6.69. The largest absolute Gasteiger partial charge is 0.378 e. The minimum Gasteiger partial charge on any atom is -0.378 e. The number of amides is 2. The van der Waals surface area contributed by atoms with E-state index in [-0.39, 0.29) is 29.8 Å². The lowest BCUT2D eigenvalue weighted by Gasteiger charge is -2.42. The second kappa shape index (κ2) is 8.45. The van der Waals surface area contributed by atoms with Crippen molar-refractivity contribution in [3.63, 3.8) is 0 Å². The molecule has 0 saturated carbocycles. The molecule has 1 aliphatic rings. The molecule has 7 heteroatoms. The van der Waals surface area contributed by atoms with E-state index in [1.807, 2.05) is 13.8 Å². The summed E-state index contributed by atoms with van der Waals surface area (Å²) >= 11 is 0. The van der Waals surface area contributed by atoms with Gasteiger partial charge in [-0.05, 0) is 19.8 Å². The van der Waals surface area contributed by atoms with Crippen LogP contribution in [0.25, 0.3) is 0 Å². The Morgan fingerprint density at radius 1 is 1.32 bits per heavy atom. The summed E-state index contributed by atoms with van der Waals surface area (Å²) in [5.41, 5.74) is 5.70. The van der Waals surface area contributed by atoms with Crippen LogP contribution in [0.3, 0.4) is 0 Å². The highest BCUT2D eigenvalue weighted by Gasteiger charge is 2.29. The number of morpholine rings is 1. The van der Waals surface area contributed by atoms with E-state index >= 15 is 0 Å². The summed E-state index contributed by atoms with van der Waals surface area (Å²) < 4.78 is 5.46. The van der Waals surface area contributed by atoms with Gasteiger partial charge in [-0.1, -0.05) is 13.8 Å². The number of nitrogens with two attached hydrogens (primary N) is 1. The van der Waals surface area contributed by atoms with Gasteiger partial charge in [-0.2, -0.15) is 0 Å². The molecule has 0 radical (unpaired) electrons. The Morgan fingerprint density at radius 2 is 2.00 bits per heavy atom. The number of hydrogen-bond acceptors (Lipinski definition) is 5. The zero-order valence-corrected chi connectivity index (χ0v) is 14.1. The van der Waals surface area contributed by atoms with Crippen molar-refractivity contribution in [3.8, 4) is 0 Å². The standard InChI is InChI=1S/C15H30N4O3/c1-11(2)13(16)14(21)18-9-12(20)17-5-6-19-7-8-22-10-15(19,3)4/h11,13H,5-10,16H2,1-4H3,(H,17,20)(H,18,21)/t13-/m0/s1. The normalized spacial score (nSPS) is 19.7. The van der Waals surface area contributed by atoms with Crippen molar-refractivity contribution in [1.29, 1.82) is 0 Å². The minimum atomic E-state index is -0.582. The van der Waals surface area contributed by atoms with Crippen molar-refractivity contribution < 1.29 is 14.3 Å². The van der Waals surface area contributed by atoms with Crippen molar-refractivity contribution in [2.24, 2.45) is 11.7 Å². The highest BCUT2D eigenvalue weighted by molar-refractivity contribution is 5.87. The molecule has 1 saturated heterocycles. The van der Waals surface area contributed by atoms with Crippen LogP contribution in [0.2, 0.25) is 0 Å². The van der Waals surface area contributed by atoms with Gasteiger partial charge in [-0.15, -0.1) is 0 Å². The lowest BCUT2D eigenvalue weighted by atomic mass is 10.0. The molecule has 4 N–H and O–H groups in total. The molecule has 1 atom stereocenters. The molecule has 1 heterocycles. The van der Waals surface area contributed by atoms with Gasteiger partial charge in [0.2, 0.25) is 11.8 Å². The van der Waals surface area contributed by atoms with Crippen LogP contribution in [0, 0.1) is 5.92 Å². The zero-order chi connectivity index (χ0) is 16.8. The molecule has 1 rings (SSSR count). The van der Waals surface area contributed by atoms with E-state index < -0.39 is 6.04 Å². The molecule has 0 aromatic carbocycles. The highest BCUT2D eigenvalue weighted by Crippen LogP contribution is 2.17. The highest BCUT2D eigenvalue weighted by atomic mass is 16.5. The van der Waals surface area contributed by atoms with Crippen molar-refractivity contribution in [2.75, 3.05) is 39.4 Å². The molecule has 128 valence electrons. The van der Waals surface area contributed by atoms with Crippen LogP contribution in [0.15, 0.2) is 0 Å². The van der Waals surface area contributed by atoms with E-state index in [1.165, 1.54) is 0 Å². The molecule has 22 heavy (non-hydrogen) atoms. The summed E-state index contributed by atoms with van der Waals surface area (Å²) in [7, 11) is 0. The van der Waals surface area contributed by atoms with Crippen molar-refractivity contribution in [2.45, 2.75) is 39.3 Å². The number of nitrogens with zero attached hydrogens (tertiary/aromatic N) is 1. The average Bonchev–Trinajstić information content (AvgIpc) is 2.45. The summed E-state index contributed by atoms with van der Waals surface area (Å²) in [6.07, 6.45) is 0. The Hall–Kier alpha value is -1.18. The Balaban J connectivity index is 2.22. The van der Waals surface area contributed by atoms with Gasteiger partial charge in [0.1, 0.15) is 0 Å². The Morgan fingerprint density at radius 3 is 2.59 bits per heavy atom. The molecule has 0 aliphatic carbocycles. The first kappa shape index (κ1) is 18.9. The molecular weight excluding hydrogens is 284 g/mol. The monoisotopic (exact) mass is 314 g/mol. The van der Waals surface area contributed by atoms with E-state index in [0.717, 1.165) is 19.7 Å². The van der Waals surface area contributed by atoms with Gasteiger partial charge in [0.15, 0.2) is 0 Å². The maximum Gasteiger partial charge on any atom is 0.239 e. The molecule has 1 aliphatic heterocycles. The molecule has 0 unspecified atom stereocenters. The number of hydrogen-bond donors (Lipinski definition) is 3. The fourth-order valence-corrected chi connectivity index (χ4v) is 2.29. The third kappa shape index (κ3) is 5.90. The van der Waals surface area contributed by atoms with E-state index in [9.17, 15) is 9.59 Å². The van der Waals surface area contributed by atoms with Gasteiger partial charge in [-0.3, -0.25) is 14.5 Å². The summed E-state index contributed by atoms with van der Waals surface area (Å²) in [5, 5.41) is 5.37. The third-order valence-corrected chi connectivity index (χ3v) is 3.96. The first-order valence-corrected chi connectivity index (χ1v) is 7.87. The molecule has 1 fully saturated rings. The van der Waals surface area contributed by atoms with Crippen LogP contribution >= 0.6 is 0 Å². The molecule has 0 spiro atoms. The SMILES string of the molecule is CC(C)[C@H](N)C(=O)NCC(=O)NCCN1CCOCC1(C)C. The lowest BCUT2D eigenvalue weighted by Crippen LogP contribution is -2.55. The predicted molar refractivity (Wildman–Crippen MR) is 85.3 cm³/mol. The van der Waals surface area contributed by atoms with Crippen molar-refractivity contribution in [3.05, 3.63) is 0 Å². The third-order valence-electron chi connectivity index (χ3n) is 3.96. The van der Waals surface area contributed by atoms with Crippen LogP contribution in [0.1, 0.15) is 27.7 Å². The van der Waals surface area contributed by atoms with Crippen LogP contribution in [0.4, 0.5) is 0 Å². The Bertz CT molecular complexity index is 385. The minimum absolute atomic E-state index is 0.0127. The summed E-state index contributed by atoms with van der Waals surface area (Å²) in [6.45, 7) is 11.6. The van der Waals surface area contributed by atoms with Gasteiger partial charge in [0, 0.05) is 25.2 Å². The molecule has 0 aromatic heterocycles. The molecule has 7 nitrogen and oxygen atoms in total. The fourth-order valence-electron chi connectivity index (χ4n) is 2.29. The van der Waals surface area contributed by atoms with Crippen LogP contribution < -0.4 is 16.4 Å². The van der Waals surface area contributed by atoms with Gasteiger partial charge < -0.3 is 21.1 Å². The quantitative estimate of drug-likeness (QED) is 0.578. The number of nitrogens with one attached hydrogen (secondary N) is 2. The van der Waals surface area contributed by atoms with Crippen molar-refractivity contribution in [1.82, 2.24) is 15.5 Å². The van der Waals surface area contributed by atoms with Gasteiger partial charge >= 0.3 is 0 Å². The smallest absolute Gasteiger partial charge is 0.239 e. The van der Waals surface area contributed by atoms with E-state index in [1.54, 1.807) is 0 Å². The molecule has 0 bridgehead atoms. The number of rotatable bonds is 7. The lowest BCUT2D eigenvalue weighted by molar-refractivity contribution is -0.127. The second-order valence-electron chi connectivity index (χ2n) is 6.69. The topological polar surface area (TPSA) is 96.7 Å². The summed E-state index contributed by atoms with van der Waals surface area (Å²) in [6, 6.07) is -0.582. The van der Waals surface area contributed by atoms with E-state index in [0.29, 0.717) is 13.2 Å². The molecule has 2 amide bonds. The molecule has 0 aromatic rings. The zero-order valence-electron chi connectivity index (χ0n) is 14.1. The van der Waals surface area contributed by atoms with Gasteiger partial charge in [-0.25, -0.2) is 0 Å². The Kier molecular flexibility index (Phi) is 7.25. The fraction of sp³-hybridized carbons (Fsp3) is 0.867. The summed E-state index contributed by atoms with van der Waals surface area (Å²) in [5.74, 6) is -0.443. The predicted octanol–water partition coefficient (Wildman–Crippen LogP) is -0.687. The van der Waals surface area contributed by atoms with E-state index in [2.05, 4.69) is 29.4 Å². The van der Waals surface area contributed by atoms with Gasteiger partial charge in [0.25, 0.3) is 0 Å². The number of carbonyl (C=O) groups is 2. The molecular formula is C15H30N4O3. The van der Waals surface area contributed by atoms with E-state index in [4.69, 9.17) is 10.5 Å². The maximum absolute atomic E-state index is 11.7. The maximum atomic E-state index is 11.7. The first-order valence-electron chi connectivity index (χ1n) is 7.87. The first-order chi connectivity index (χ1) is 10.2. The van der Waals surface area contributed by atoms with Gasteiger partial charge in [0.05, 0.1) is 25.8 Å². The summed E-state index contributed by atoms with van der Waals surface area (Å²) in [4.78, 5) is 25.7. The van der Waals surface area contributed by atoms with Crippen LogP contribution in [-0.2, 0) is 14.3 Å². The number of ether oxygens (including phenoxy) is 1. The van der Waals surface area contributed by atoms with Crippen LogP contribution in [-0.4, -0.2) is 67.7 Å². The Labute approximate surface area is 132 Å². The van der Waals surface area contributed by atoms with Crippen molar-refractivity contribution >= 4 is 11.8 Å².